The van der Waals surface area contributed by atoms with Gasteiger partial charge in [0.1, 0.15) is 0 Å². The lowest BCUT2D eigenvalue weighted by atomic mass is 10.1. The lowest BCUT2D eigenvalue weighted by molar-refractivity contribution is -0.384. The molecular weight excluding hydrogens is 468 g/mol. The molecular formula is C23H17ClN2O6S. The number of nitro groups is 1. The van der Waals surface area contributed by atoms with Crippen LogP contribution in [0.15, 0.2) is 71.6 Å². The molecule has 0 unspecified atom stereocenters. The van der Waals surface area contributed by atoms with Crippen LogP contribution in [0.4, 0.5) is 11.4 Å². The predicted octanol–water partition coefficient (Wildman–Crippen LogP) is 5.26. The van der Waals surface area contributed by atoms with Crippen molar-refractivity contribution >= 4 is 52.4 Å². The van der Waals surface area contributed by atoms with E-state index in [1.54, 1.807) is 48.2 Å². The Morgan fingerprint density at radius 2 is 1.73 bits per heavy atom. The number of anilines is 1. The van der Waals surface area contributed by atoms with Crippen molar-refractivity contribution in [2.75, 3.05) is 18.2 Å². The maximum Gasteiger partial charge on any atom is 0.340 e. The van der Waals surface area contributed by atoms with Crippen LogP contribution in [-0.2, 0) is 4.74 Å². The second-order valence-corrected chi connectivity index (χ2v) is 7.94. The number of nitro benzene ring substituents is 1. The first-order valence-electron chi connectivity index (χ1n) is 9.49. The first-order valence-corrected chi connectivity index (χ1v) is 11.1. The molecule has 0 radical (unpaired) electrons. The van der Waals surface area contributed by atoms with E-state index in [-0.39, 0.29) is 33.3 Å². The minimum Gasteiger partial charge on any atom is -0.454 e. The number of ketones is 1. The van der Waals surface area contributed by atoms with E-state index in [1.807, 2.05) is 6.26 Å². The molecule has 0 bridgehead atoms. The summed E-state index contributed by atoms with van der Waals surface area (Å²) >= 11 is 7.55. The molecule has 3 aromatic carbocycles. The molecule has 1 N–H and O–H groups in total. The summed E-state index contributed by atoms with van der Waals surface area (Å²) in [7, 11) is 0. The molecule has 3 aromatic rings. The number of thioether (sulfide) groups is 1. The third-order valence-corrected chi connectivity index (χ3v) is 5.61. The summed E-state index contributed by atoms with van der Waals surface area (Å²) < 4.78 is 5.15. The number of non-ortho nitro benzene ring substituents is 1. The van der Waals surface area contributed by atoms with Gasteiger partial charge in [0, 0.05) is 22.6 Å². The van der Waals surface area contributed by atoms with Crippen molar-refractivity contribution in [2.45, 2.75) is 4.90 Å². The second-order valence-electron chi connectivity index (χ2n) is 6.65. The average Bonchev–Trinajstić information content (AvgIpc) is 2.82. The molecule has 1 amide bonds. The van der Waals surface area contributed by atoms with Crippen molar-refractivity contribution in [1.82, 2.24) is 0 Å². The predicted molar refractivity (Wildman–Crippen MR) is 125 cm³/mol. The summed E-state index contributed by atoms with van der Waals surface area (Å²) in [5, 5.41) is 13.3. The number of benzene rings is 3. The first kappa shape index (κ1) is 24.0. The quantitative estimate of drug-likeness (QED) is 0.152. The monoisotopic (exact) mass is 484 g/mol. The fourth-order valence-electron chi connectivity index (χ4n) is 2.83. The summed E-state index contributed by atoms with van der Waals surface area (Å²) in [6.07, 6.45) is 1.92. The largest absolute Gasteiger partial charge is 0.454 e. The summed E-state index contributed by atoms with van der Waals surface area (Å²) in [6.45, 7) is -0.464. The molecule has 0 aliphatic heterocycles. The highest BCUT2D eigenvalue weighted by atomic mass is 35.5. The van der Waals surface area contributed by atoms with Crippen molar-refractivity contribution in [1.29, 1.82) is 0 Å². The van der Waals surface area contributed by atoms with E-state index in [9.17, 15) is 24.5 Å². The molecule has 0 saturated carbocycles. The van der Waals surface area contributed by atoms with Crippen LogP contribution in [0.25, 0.3) is 0 Å². The Balaban J connectivity index is 1.70. The Hall–Kier alpha value is -3.69. The molecule has 0 heterocycles. The Bertz CT molecular complexity index is 1230. The van der Waals surface area contributed by atoms with Crippen molar-refractivity contribution < 1.29 is 24.0 Å². The standard InChI is InChI=1S/C23H17ClN2O6S/c1-33-16-9-6-14(7-10-16)21(27)13-32-23(29)18-4-2-3-5-20(18)25-22(28)17-11-8-15(26(30)31)12-19(17)24/h2-12H,13H2,1H3,(H,25,28). The van der Waals surface area contributed by atoms with Crippen molar-refractivity contribution in [2.24, 2.45) is 0 Å². The number of rotatable bonds is 8. The second kappa shape index (κ2) is 10.8. The summed E-state index contributed by atoms with van der Waals surface area (Å²) in [5.41, 5.74) is 0.325. The van der Waals surface area contributed by atoms with Gasteiger partial charge in [0.05, 0.1) is 26.8 Å². The van der Waals surface area contributed by atoms with Gasteiger partial charge in [-0.2, -0.15) is 0 Å². The van der Waals surface area contributed by atoms with Gasteiger partial charge in [0.25, 0.3) is 11.6 Å². The van der Waals surface area contributed by atoms with Crippen molar-refractivity contribution in [3.63, 3.8) is 0 Å². The fraction of sp³-hybridized carbons (Fsp3) is 0.0870. The van der Waals surface area contributed by atoms with Crippen LogP contribution in [0.3, 0.4) is 0 Å². The minimum atomic E-state index is -0.796. The fourth-order valence-corrected chi connectivity index (χ4v) is 3.50. The molecule has 0 atom stereocenters. The Morgan fingerprint density at radius 3 is 2.36 bits per heavy atom. The molecule has 10 heteroatoms. The van der Waals surface area contributed by atoms with Gasteiger partial charge < -0.3 is 10.1 Å². The van der Waals surface area contributed by atoms with E-state index >= 15 is 0 Å². The van der Waals surface area contributed by atoms with E-state index in [1.165, 1.54) is 18.2 Å². The number of para-hydroxylation sites is 1. The van der Waals surface area contributed by atoms with Crippen LogP contribution in [0.1, 0.15) is 31.1 Å². The van der Waals surface area contributed by atoms with Gasteiger partial charge in [0.15, 0.2) is 12.4 Å². The van der Waals surface area contributed by atoms with Crippen molar-refractivity contribution in [3.8, 4) is 0 Å². The zero-order valence-corrected chi connectivity index (χ0v) is 18.8. The molecule has 3 rings (SSSR count). The first-order chi connectivity index (χ1) is 15.8. The number of halogens is 1. The SMILES string of the molecule is CSc1ccc(C(=O)COC(=O)c2ccccc2NC(=O)c2ccc([N+](=O)[O-])cc2Cl)cc1. The number of hydrogen-bond acceptors (Lipinski definition) is 7. The van der Waals surface area contributed by atoms with E-state index in [0.29, 0.717) is 5.56 Å². The average molecular weight is 485 g/mol. The summed E-state index contributed by atoms with van der Waals surface area (Å²) in [4.78, 5) is 48.7. The highest BCUT2D eigenvalue weighted by molar-refractivity contribution is 7.98. The molecule has 168 valence electrons. The third-order valence-electron chi connectivity index (χ3n) is 4.55. The highest BCUT2D eigenvalue weighted by Crippen LogP contribution is 2.24. The normalized spacial score (nSPS) is 10.4. The zero-order chi connectivity index (χ0) is 24.0. The van der Waals surface area contributed by atoms with Crippen LogP contribution in [0.2, 0.25) is 5.02 Å². The zero-order valence-electron chi connectivity index (χ0n) is 17.2. The smallest absolute Gasteiger partial charge is 0.340 e. The number of esters is 1. The summed E-state index contributed by atoms with van der Waals surface area (Å²) in [6, 6.07) is 16.4. The number of Topliss-reactive ketones (excluding diaryl/α,β-unsaturated/α-hetero) is 1. The topological polar surface area (TPSA) is 116 Å². The number of amides is 1. The minimum absolute atomic E-state index is 0.00527. The third kappa shape index (κ3) is 5.97. The van der Waals surface area contributed by atoms with Crippen LogP contribution in [-0.4, -0.2) is 35.4 Å². The van der Waals surface area contributed by atoms with Crippen LogP contribution in [0.5, 0.6) is 0 Å². The van der Waals surface area contributed by atoms with Gasteiger partial charge >= 0.3 is 5.97 Å². The molecule has 0 fully saturated rings. The number of carbonyl (C=O) groups excluding carboxylic acids is 3. The number of carbonyl (C=O) groups is 3. The Morgan fingerprint density at radius 1 is 1.03 bits per heavy atom. The number of hydrogen-bond donors (Lipinski definition) is 1. The Kier molecular flexibility index (Phi) is 7.81. The molecule has 0 saturated heterocycles. The van der Waals surface area contributed by atoms with E-state index in [4.69, 9.17) is 16.3 Å². The van der Waals surface area contributed by atoms with Gasteiger partial charge in [-0.15, -0.1) is 11.8 Å². The van der Waals surface area contributed by atoms with Crippen LogP contribution in [0, 0.1) is 10.1 Å². The molecule has 0 aliphatic rings. The number of nitrogens with one attached hydrogen (secondary N) is 1. The number of ether oxygens (including phenoxy) is 1. The van der Waals surface area contributed by atoms with Gasteiger partial charge in [-0.25, -0.2) is 4.79 Å². The van der Waals surface area contributed by atoms with Crippen molar-refractivity contribution in [3.05, 3.63) is 98.6 Å². The molecule has 33 heavy (non-hydrogen) atoms. The van der Waals surface area contributed by atoms with E-state index in [2.05, 4.69) is 5.32 Å². The lowest BCUT2D eigenvalue weighted by Gasteiger charge is -2.11. The van der Waals surface area contributed by atoms with Gasteiger partial charge in [-0.1, -0.05) is 35.9 Å². The van der Waals surface area contributed by atoms with E-state index < -0.39 is 23.4 Å². The van der Waals surface area contributed by atoms with Crippen LogP contribution >= 0.6 is 23.4 Å². The Labute approximate surface area is 198 Å². The van der Waals surface area contributed by atoms with Gasteiger partial charge in [-0.05, 0) is 36.6 Å². The lowest BCUT2D eigenvalue weighted by Crippen LogP contribution is -2.18. The van der Waals surface area contributed by atoms with Gasteiger partial charge in [0.2, 0.25) is 0 Å². The molecule has 0 aliphatic carbocycles. The molecule has 0 aromatic heterocycles. The molecule has 0 spiro atoms. The van der Waals surface area contributed by atoms with E-state index in [0.717, 1.165) is 17.0 Å². The maximum absolute atomic E-state index is 12.6. The highest BCUT2D eigenvalue weighted by Gasteiger charge is 2.19. The van der Waals surface area contributed by atoms with Gasteiger partial charge in [-0.3, -0.25) is 19.7 Å². The number of nitrogens with zero attached hydrogens (tertiary/aromatic N) is 1. The van der Waals surface area contributed by atoms with Crippen LogP contribution < -0.4 is 5.32 Å². The maximum atomic E-state index is 12.6. The molecule has 8 nitrogen and oxygen atoms in total. The summed E-state index contributed by atoms with van der Waals surface area (Å²) in [5.74, 6) is -1.83.